The van der Waals surface area contributed by atoms with E-state index < -0.39 is 0 Å². The molecule has 1 heterocycles. The summed E-state index contributed by atoms with van der Waals surface area (Å²) in [6.07, 6.45) is 15.8. The van der Waals surface area contributed by atoms with Crippen molar-refractivity contribution < 1.29 is 23.4 Å². The first-order valence-electron chi connectivity index (χ1n) is 18.3. The summed E-state index contributed by atoms with van der Waals surface area (Å²) in [6, 6.07) is 7.41. The minimum Gasteiger partial charge on any atom is -0.497 e. The first-order valence-corrected chi connectivity index (χ1v) is 18.3. The standard InChI is InChI=1S/C24H42N2O2.C9H11F.3C2H6.CH3F.CH4O/c1-7-10-13-24(28-6)20(4)22-14-17-26(18-15-22)23(9-3)21(8-2)12-11-16-25(5)19-27;1-2-4-8-5-3-6-9(10)7-8;5*1-2/h7,10,13,19,21-23H,1,8-9,11-12,14-18H2,2-6H3;3,5-7H,2,4H2,1H3;3*1-2H3;1H3;2H,1H3/b13-10-,24-20-;;;;;;. The number of ether oxygens (including phenoxy) is 1. The molecule has 2 rings (SSSR count). The minimum atomic E-state index is -0.133. The number of allylic oxidation sites excluding steroid dienone is 4. The Hall–Kier alpha value is -2.51. The van der Waals surface area contributed by atoms with Crippen molar-refractivity contribution in [3.05, 3.63) is 71.8 Å². The Morgan fingerprint density at radius 1 is 1.06 bits per heavy atom. The summed E-state index contributed by atoms with van der Waals surface area (Å²) in [4.78, 5) is 15.3. The van der Waals surface area contributed by atoms with Gasteiger partial charge in [-0.15, -0.1) is 0 Å². The molecule has 0 radical (unpaired) electrons. The highest BCUT2D eigenvalue weighted by atomic mass is 19.1. The summed E-state index contributed by atoms with van der Waals surface area (Å²) >= 11 is 0. The Balaban J connectivity index is -0.000000254. The van der Waals surface area contributed by atoms with Crippen LogP contribution in [0.15, 0.2) is 60.4 Å². The maximum absolute atomic E-state index is 12.5. The van der Waals surface area contributed by atoms with E-state index in [1.165, 1.54) is 43.7 Å². The van der Waals surface area contributed by atoms with Gasteiger partial charge in [-0.2, -0.15) is 0 Å². The number of carbonyl (C=O) groups excluding carboxylic acids is 1. The maximum Gasteiger partial charge on any atom is 0.209 e. The molecule has 0 aromatic heterocycles. The quantitative estimate of drug-likeness (QED) is 0.113. The average molecular weight is 685 g/mol. The number of nitrogens with zero attached hydrogens (tertiary/aromatic N) is 2. The number of halogens is 2. The minimum absolute atomic E-state index is 0.133. The highest BCUT2D eigenvalue weighted by Crippen LogP contribution is 2.31. The molecule has 2 atom stereocenters. The third kappa shape index (κ3) is 26.4. The van der Waals surface area contributed by atoms with Gasteiger partial charge in [0.15, 0.2) is 0 Å². The van der Waals surface area contributed by atoms with Crippen molar-refractivity contribution in [2.24, 2.45) is 11.8 Å². The highest BCUT2D eigenvalue weighted by molar-refractivity contribution is 5.46. The fraction of sp³-hybridized carbons (Fsp3) is 0.683. The molecule has 5 nitrogen and oxygen atoms in total. The van der Waals surface area contributed by atoms with Crippen LogP contribution in [0.1, 0.15) is 120 Å². The number of piperidine rings is 1. The van der Waals surface area contributed by atoms with E-state index in [9.17, 15) is 13.6 Å². The van der Waals surface area contributed by atoms with Gasteiger partial charge < -0.3 is 19.6 Å². The van der Waals surface area contributed by atoms with Crippen molar-refractivity contribution in [3.8, 4) is 0 Å². The summed E-state index contributed by atoms with van der Waals surface area (Å²) < 4.78 is 27.6. The zero-order valence-corrected chi connectivity index (χ0v) is 33.8. The van der Waals surface area contributed by atoms with Gasteiger partial charge in [0.2, 0.25) is 6.41 Å². The predicted molar refractivity (Wildman–Crippen MR) is 209 cm³/mol. The molecule has 1 aromatic carbocycles. The van der Waals surface area contributed by atoms with Crippen molar-refractivity contribution in [2.75, 3.05) is 48.1 Å². The zero-order valence-electron chi connectivity index (χ0n) is 33.8. The van der Waals surface area contributed by atoms with Crippen LogP contribution in [0.25, 0.3) is 0 Å². The van der Waals surface area contributed by atoms with Gasteiger partial charge in [-0.3, -0.25) is 9.18 Å². The largest absolute Gasteiger partial charge is 0.497 e. The van der Waals surface area contributed by atoms with Crippen molar-refractivity contribution in [1.82, 2.24) is 9.80 Å². The summed E-state index contributed by atoms with van der Waals surface area (Å²) in [5.41, 5.74) is 2.44. The molecule has 0 bridgehead atoms. The number of benzene rings is 1. The Bertz CT molecular complexity index is 869. The zero-order chi connectivity index (χ0) is 38.3. The van der Waals surface area contributed by atoms with Crippen LogP contribution in [0.5, 0.6) is 0 Å². The molecular formula is C41H78F2N2O3. The summed E-state index contributed by atoms with van der Waals surface area (Å²) in [5, 5.41) is 7.00. The maximum atomic E-state index is 12.5. The lowest BCUT2D eigenvalue weighted by Gasteiger charge is -2.41. The average Bonchev–Trinajstić information content (AvgIpc) is 3.16. The number of amides is 1. The predicted octanol–water partition coefficient (Wildman–Crippen LogP) is 11.1. The van der Waals surface area contributed by atoms with Crippen LogP contribution in [0.3, 0.4) is 0 Å². The molecule has 1 N–H and O–H groups in total. The van der Waals surface area contributed by atoms with Crippen LogP contribution in [0.4, 0.5) is 8.78 Å². The first-order chi connectivity index (χ1) is 23.3. The van der Waals surface area contributed by atoms with Gasteiger partial charge in [0.25, 0.3) is 0 Å². The van der Waals surface area contributed by atoms with Crippen LogP contribution < -0.4 is 0 Å². The van der Waals surface area contributed by atoms with Gasteiger partial charge in [-0.25, -0.2) is 4.39 Å². The van der Waals surface area contributed by atoms with Gasteiger partial charge >= 0.3 is 0 Å². The normalized spacial score (nSPS) is 13.9. The summed E-state index contributed by atoms with van der Waals surface area (Å²) in [6.45, 7) is 27.9. The molecule has 1 saturated heterocycles. The lowest BCUT2D eigenvalue weighted by molar-refractivity contribution is -0.117. The second-order valence-electron chi connectivity index (χ2n) is 10.4. The van der Waals surface area contributed by atoms with E-state index in [0.717, 1.165) is 63.7 Å². The van der Waals surface area contributed by atoms with Crippen LogP contribution in [-0.4, -0.2) is 75.4 Å². The van der Waals surface area contributed by atoms with Crippen molar-refractivity contribution >= 4 is 6.41 Å². The van der Waals surface area contributed by atoms with Gasteiger partial charge in [0.05, 0.1) is 14.3 Å². The Morgan fingerprint density at radius 2 is 1.62 bits per heavy atom. The van der Waals surface area contributed by atoms with Gasteiger partial charge in [-0.1, -0.05) is 106 Å². The van der Waals surface area contributed by atoms with E-state index in [1.54, 1.807) is 30.2 Å². The lowest BCUT2D eigenvalue weighted by Crippen LogP contribution is -2.45. The first kappa shape index (κ1) is 54.9. The number of methoxy groups -OCH3 is 1. The number of aliphatic hydroxyl groups excluding tert-OH is 1. The summed E-state index contributed by atoms with van der Waals surface area (Å²) in [5.74, 6) is 2.16. The van der Waals surface area contributed by atoms with Crippen LogP contribution in [0.2, 0.25) is 0 Å². The molecule has 48 heavy (non-hydrogen) atoms. The highest BCUT2D eigenvalue weighted by Gasteiger charge is 2.29. The second kappa shape index (κ2) is 42.5. The van der Waals surface area contributed by atoms with Gasteiger partial charge in [-0.05, 0) is 99.7 Å². The van der Waals surface area contributed by atoms with E-state index in [-0.39, 0.29) is 5.82 Å². The van der Waals surface area contributed by atoms with E-state index >= 15 is 0 Å². The Morgan fingerprint density at radius 3 is 2.04 bits per heavy atom. The fourth-order valence-electron chi connectivity index (χ4n) is 5.58. The molecule has 1 aliphatic heterocycles. The molecule has 0 aliphatic carbocycles. The monoisotopic (exact) mass is 685 g/mol. The van der Waals surface area contributed by atoms with Crippen molar-refractivity contribution in [3.63, 3.8) is 0 Å². The number of carbonyl (C=O) groups is 1. The lowest BCUT2D eigenvalue weighted by atomic mass is 9.84. The molecule has 2 unspecified atom stereocenters. The molecule has 7 heteroatoms. The third-order valence-corrected chi connectivity index (χ3v) is 7.78. The van der Waals surface area contributed by atoms with Gasteiger partial charge in [0.1, 0.15) is 11.6 Å². The van der Waals surface area contributed by atoms with E-state index in [0.29, 0.717) is 25.1 Å². The Kier molecular flexibility index (Phi) is 48.6. The smallest absolute Gasteiger partial charge is 0.209 e. The fourth-order valence-corrected chi connectivity index (χ4v) is 5.58. The topological polar surface area (TPSA) is 53.0 Å². The SMILES string of the molecule is C=C/C=C\C(OC)=C(/C)C1CCN(C(CC)C(CC)CCCN(C)C=O)CC1.CC.CC.CC.CCCc1cccc(F)c1.CF.CO. The van der Waals surface area contributed by atoms with E-state index in [1.807, 2.05) is 66.8 Å². The number of aryl methyl sites for hydroxylation is 1. The molecule has 0 spiro atoms. The van der Waals surface area contributed by atoms with Crippen LogP contribution >= 0.6 is 0 Å². The number of hydrogen-bond acceptors (Lipinski definition) is 4. The molecule has 1 fully saturated rings. The van der Waals surface area contributed by atoms with Crippen LogP contribution in [0, 0.1) is 17.7 Å². The van der Waals surface area contributed by atoms with Crippen molar-refractivity contribution in [1.29, 1.82) is 0 Å². The van der Waals surface area contributed by atoms with E-state index in [2.05, 4.69) is 39.2 Å². The molecule has 1 amide bonds. The number of alkyl halides is 1. The number of aliphatic hydroxyl groups is 1. The number of rotatable bonds is 15. The molecule has 1 aliphatic rings. The Labute approximate surface area is 297 Å². The molecule has 0 saturated carbocycles. The summed E-state index contributed by atoms with van der Waals surface area (Å²) in [7, 11) is 5.12. The number of likely N-dealkylation sites (tertiary alicyclic amines) is 1. The van der Waals surface area contributed by atoms with Gasteiger partial charge in [0, 0.05) is 26.7 Å². The molecular weight excluding hydrogens is 606 g/mol. The molecule has 284 valence electrons. The second-order valence-corrected chi connectivity index (χ2v) is 10.4. The van der Waals surface area contributed by atoms with Crippen molar-refractivity contribution in [2.45, 2.75) is 127 Å². The van der Waals surface area contributed by atoms with E-state index in [4.69, 9.17) is 9.84 Å². The number of hydrogen-bond donors (Lipinski definition) is 1. The molecule has 1 aromatic rings. The van der Waals surface area contributed by atoms with Crippen LogP contribution in [-0.2, 0) is 16.0 Å². The third-order valence-electron chi connectivity index (χ3n) is 7.78.